The summed E-state index contributed by atoms with van der Waals surface area (Å²) in [4.78, 5) is 0. The molecule has 0 spiro atoms. The zero-order valence-corrected chi connectivity index (χ0v) is 10.9. The van der Waals surface area contributed by atoms with E-state index in [1.165, 1.54) is 6.07 Å². The van der Waals surface area contributed by atoms with Crippen molar-refractivity contribution in [2.24, 2.45) is 0 Å². The molecule has 0 saturated heterocycles. The van der Waals surface area contributed by atoms with E-state index in [1.54, 1.807) is 30.3 Å². The molecule has 0 aliphatic rings. The SMILES string of the molecule is Nc1ccc(Cl)cc1NCc1ccc(F)c(Cl)c1. The number of hydrogen-bond donors (Lipinski definition) is 2. The first-order chi connectivity index (χ1) is 8.56. The second-order valence-corrected chi connectivity index (χ2v) is 4.68. The Kier molecular flexibility index (Phi) is 3.94. The third-order valence-electron chi connectivity index (χ3n) is 2.48. The van der Waals surface area contributed by atoms with Crippen molar-refractivity contribution in [3.8, 4) is 0 Å². The van der Waals surface area contributed by atoms with E-state index >= 15 is 0 Å². The Balaban J connectivity index is 2.11. The van der Waals surface area contributed by atoms with Crippen molar-refractivity contribution in [1.82, 2.24) is 0 Å². The number of rotatable bonds is 3. The summed E-state index contributed by atoms with van der Waals surface area (Å²) in [6, 6.07) is 9.75. The van der Waals surface area contributed by atoms with Gasteiger partial charge in [0.05, 0.1) is 16.4 Å². The van der Waals surface area contributed by atoms with Crippen LogP contribution in [0.1, 0.15) is 5.56 Å². The first-order valence-corrected chi connectivity index (χ1v) is 6.04. The molecule has 0 atom stereocenters. The molecule has 2 aromatic rings. The van der Waals surface area contributed by atoms with Crippen LogP contribution in [0.2, 0.25) is 10.0 Å². The molecule has 0 aliphatic carbocycles. The number of nitrogens with one attached hydrogen (secondary N) is 1. The van der Waals surface area contributed by atoms with Crippen molar-refractivity contribution in [2.75, 3.05) is 11.1 Å². The Morgan fingerprint density at radius 1 is 1.11 bits per heavy atom. The number of anilines is 2. The highest BCUT2D eigenvalue weighted by atomic mass is 35.5. The zero-order chi connectivity index (χ0) is 13.1. The molecule has 2 aromatic carbocycles. The van der Waals surface area contributed by atoms with Crippen LogP contribution < -0.4 is 11.1 Å². The summed E-state index contributed by atoms with van der Waals surface area (Å²) < 4.78 is 13.0. The van der Waals surface area contributed by atoms with Crippen LogP contribution in [0.5, 0.6) is 0 Å². The minimum Gasteiger partial charge on any atom is -0.397 e. The van der Waals surface area contributed by atoms with E-state index in [1.807, 2.05) is 0 Å². The van der Waals surface area contributed by atoms with E-state index in [0.29, 0.717) is 17.3 Å². The van der Waals surface area contributed by atoms with E-state index in [9.17, 15) is 4.39 Å². The molecule has 0 unspecified atom stereocenters. The third-order valence-corrected chi connectivity index (χ3v) is 3.01. The largest absolute Gasteiger partial charge is 0.397 e. The Hall–Kier alpha value is -1.45. The summed E-state index contributed by atoms with van der Waals surface area (Å²) >= 11 is 11.6. The van der Waals surface area contributed by atoms with E-state index < -0.39 is 5.82 Å². The predicted molar refractivity (Wildman–Crippen MR) is 74.6 cm³/mol. The monoisotopic (exact) mass is 284 g/mol. The van der Waals surface area contributed by atoms with E-state index in [2.05, 4.69) is 5.32 Å². The van der Waals surface area contributed by atoms with Gasteiger partial charge >= 0.3 is 0 Å². The van der Waals surface area contributed by atoms with Crippen LogP contribution in [0, 0.1) is 5.82 Å². The molecule has 0 radical (unpaired) electrons. The molecule has 2 rings (SSSR count). The van der Waals surface area contributed by atoms with Crippen molar-refractivity contribution in [3.63, 3.8) is 0 Å². The Bertz CT molecular complexity index is 573. The van der Waals surface area contributed by atoms with Gasteiger partial charge in [0.1, 0.15) is 5.82 Å². The number of nitrogens with two attached hydrogens (primary N) is 1. The number of benzene rings is 2. The van der Waals surface area contributed by atoms with Crippen LogP contribution >= 0.6 is 23.2 Å². The highest BCUT2D eigenvalue weighted by Crippen LogP contribution is 2.24. The van der Waals surface area contributed by atoms with Crippen LogP contribution in [0.4, 0.5) is 15.8 Å². The lowest BCUT2D eigenvalue weighted by molar-refractivity contribution is 0.627. The fraction of sp³-hybridized carbons (Fsp3) is 0.0769. The molecule has 5 heteroatoms. The molecule has 0 amide bonds. The van der Waals surface area contributed by atoms with Crippen molar-refractivity contribution < 1.29 is 4.39 Å². The van der Waals surface area contributed by atoms with Gasteiger partial charge in [-0.15, -0.1) is 0 Å². The van der Waals surface area contributed by atoms with Crippen LogP contribution in [0.3, 0.4) is 0 Å². The molecule has 0 aliphatic heterocycles. The molecular weight excluding hydrogens is 274 g/mol. The minimum atomic E-state index is -0.428. The molecule has 0 bridgehead atoms. The predicted octanol–water partition coefficient (Wildman–Crippen LogP) is 4.33. The summed E-state index contributed by atoms with van der Waals surface area (Å²) in [6.07, 6.45) is 0. The molecule has 0 fully saturated rings. The molecule has 0 heterocycles. The summed E-state index contributed by atoms with van der Waals surface area (Å²) in [5.74, 6) is -0.428. The van der Waals surface area contributed by atoms with Crippen LogP contribution in [0.25, 0.3) is 0 Å². The molecule has 0 aromatic heterocycles. The zero-order valence-electron chi connectivity index (χ0n) is 9.38. The fourth-order valence-corrected chi connectivity index (χ4v) is 1.90. The summed E-state index contributed by atoms with van der Waals surface area (Å²) in [6.45, 7) is 0.491. The molecule has 94 valence electrons. The van der Waals surface area contributed by atoms with Crippen molar-refractivity contribution in [3.05, 3.63) is 57.8 Å². The van der Waals surface area contributed by atoms with Gasteiger partial charge in [0.2, 0.25) is 0 Å². The minimum absolute atomic E-state index is 0.105. The van der Waals surface area contributed by atoms with Gasteiger partial charge in [-0.3, -0.25) is 0 Å². The first kappa shape index (κ1) is 13.0. The lowest BCUT2D eigenvalue weighted by atomic mass is 10.2. The Morgan fingerprint density at radius 3 is 2.61 bits per heavy atom. The van der Waals surface area contributed by atoms with Crippen molar-refractivity contribution >= 4 is 34.6 Å². The lowest BCUT2D eigenvalue weighted by Crippen LogP contribution is -2.02. The smallest absolute Gasteiger partial charge is 0.141 e. The second-order valence-electron chi connectivity index (χ2n) is 3.83. The average molecular weight is 285 g/mol. The molecular formula is C13H11Cl2FN2. The standard InChI is InChI=1S/C13H11Cl2FN2/c14-9-2-4-12(17)13(6-9)18-7-8-1-3-11(16)10(15)5-8/h1-6,18H,7,17H2. The third kappa shape index (κ3) is 3.06. The first-order valence-electron chi connectivity index (χ1n) is 5.29. The highest BCUT2D eigenvalue weighted by Gasteiger charge is 2.03. The van der Waals surface area contributed by atoms with Gasteiger partial charge in [0, 0.05) is 11.6 Å². The Morgan fingerprint density at radius 2 is 1.89 bits per heavy atom. The Labute approximate surface area is 115 Å². The maximum absolute atomic E-state index is 13.0. The van der Waals surface area contributed by atoms with Gasteiger partial charge in [-0.2, -0.15) is 0 Å². The van der Waals surface area contributed by atoms with E-state index in [0.717, 1.165) is 11.3 Å². The molecule has 2 nitrogen and oxygen atoms in total. The van der Waals surface area contributed by atoms with Gasteiger partial charge in [0.15, 0.2) is 0 Å². The van der Waals surface area contributed by atoms with Crippen LogP contribution in [-0.4, -0.2) is 0 Å². The normalized spacial score (nSPS) is 10.4. The van der Waals surface area contributed by atoms with Gasteiger partial charge in [-0.05, 0) is 35.9 Å². The van der Waals surface area contributed by atoms with Gasteiger partial charge in [-0.25, -0.2) is 4.39 Å². The van der Waals surface area contributed by atoms with Gasteiger partial charge < -0.3 is 11.1 Å². The number of nitrogen functional groups attached to an aromatic ring is 1. The maximum Gasteiger partial charge on any atom is 0.141 e. The highest BCUT2D eigenvalue weighted by molar-refractivity contribution is 6.31. The molecule has 3 N–H and O–H groups in total. The average Bonchev–Trinajstić information content (AvgIpc) is 2.34. The summed E-state index contributed by atoms with van der Waals surface area (Å²) in [5, 5.41) is 3.83. The number of halogens is 3. The summed E-state index contributed by atoms with van der Waals surface area (Å²) in [5.41, 5.74) is 8.01. The molecule has 18 heavy (non-hydrogen) atoms. The lowest BCUT2D eigenvalue weighted by Gasteiger charge is -2.10. The van der Waals surface area contributed by atoms with Gasteiger partial charge in [0.25, 0.3) is 0 Å². The second kappa shape index (κ2) is 5.46. The van der Waals surface area contributed by atoms with Crippen molar-refractivity contribution in [2.45, 2.75) is 6.54 Å². The van der Waals surface area contributed by atoms with E-state index in [-0.39, 0.29) is 5.02 Å². The van der Waals surface area contributed by atoms with Crippen LogP contribution in [-0.2, 0) is 6.54 Å². The van der Waals surface area contributed by atoms with Crippen molar-refractivity contribution in [1.29, 1.82) is 0 Å². The van der Waals surface area contributed by atoms with E-state index in [4.69, 9.17) is 28.9 Å². The quantitative estimate of drug-likeness (QED) is 0.824. The number of hydrogen-bond acceptors (Lipinski definition) is 2. The fourth-order valence-electron chi connectivity index (χ4n) is 1.53. The maximum atomic E-state index is 13.0. The topological polar surface area (TPSA) is 38.0 Å². The summed E-state index contributed by atoms with van der Waals surface area (Å²) in [7, 11) is 0. The van der Waals surface area contributed by atoms with Gasteiger partial charge in [-0.1, -0.05) is 29.3 Å². The van der Waals surface area contributed by atoms with Crippen LogP contribution in [0.15, 0.2) is 36.4 Å². The molecule has 0 saturated carbocycles.